The predicted molar refractivity (Wildman–Crippen MR) is 76.7 cm³/mol. The Labute approximate surface area is 118 Å². The van der Waals surface area contributed by atoms with Crippen LogP contribution in [0.4, 0.5) is 0 Å². The Morgan fingerprint density at radius 2 is 1.21 bits per heavy atom. The Balaban J connectivity index is 0. The lowest BCUT2D eigenvalue weighted by Crippen LogP contribution is -2.27. The molecule has 0 saturated carbocycles. The van der Waals surface area contributed by atoms with Gasteiger partial charge < -0.3 is 23.7 Å². The Morgan fingerprint density at radius 1 is 0.684 bits per heavy atom. The van der Waals surface area contributed by atoms with Crippen LogP contribution in [-0.2, 0) is 23.7 Å². The average Bonchev–Trinajstić information content (AvgIpc) is 2.29. The van der Waals surface area contributed by atoms with E-state index >= 15 is 0 Å². The molecule has 0 fully saturated rings. The first-order valence-electron chi connectivity index (χ1n) is 6.71. The van der Waals surface area contributed by atoms with Crippen molar-refractivity contribution in [3.8, 4) is 0 Å². The predicted octanol–water partition coefficient (Wildman–Crippen LogP) is 2.13. The van der Waals surface area contributed by atoms with E-state index in [2.05, 4.69) is 0 Å². The van der Waals surface area contributed by atoms with Gasteiger partial charge in [-0.15, -0.1) is 0 Å². The third-order valence-electron chi connectivity index (χ3n) is 1.91. The van der Waals surface area contributed by atoms with E-state index in [9.17, 15) is 0 Å². The summed E-state index contributed by atoms with van der Waals surface area (Å²) in [5.74, 6) is 0. The fraction of sp³-hybridized carbons (Fsp3) is 1.00. The molecule has 0 unspecified atom stereocenters. The van der Waals surface area contributed by atoms with Crippen LogP contribution in [0, 0.1) is 0 Å². The van der Waals surface area contributed by atoms with Gasteiger partial charge in [-0.2, -0.15) is 0 Å². The number of ether oxygens (including phenoxy) is 5. The van der Waals surface area contributed by atoms with Crippen LogP contribution in [0.1, 0.15) is 27.7 Å². The molecule has 0 atom stereocenters. The van der Waals surface area contributed by atoms with Crippen molar-refractivity contribution in [2.24, 2.45) is 0 Å². The first kappa shape index (κ1) is 21.1. The van der Waals surface area contributed by atoms with Crippen molar-refractivity contribution in [3.05, 3.63) is 0 Å². The lowest BCUT2D eigenvalue weighted by molar-refractivity contribution is -0.0663. The molecule has 0 aliphatic rings. The van der Waals surface area contributed by atoms with Crippen LogP contribution in [-0.4, -0.2) is 66.1 Å². The van der Waals surface area contributed by atoms with E-state index in [1.807, 2.05) is 27.7 Å². The van der Waals surface area contributed by atoms with Gasteiger partial charge in [0.15, 0.2) is 0 Å². The molecular weight excluding hydrogens is 248 g/mol. The molecular formula is C14H32O5. The Hall–Kier alpha value is -0.200. The van der Waals surface area contributed by atoms with Gasteiger partial charge in [-0.25, -0.2) is 0 Å². The van der Waals surface area contributed by atoms with Gasteiger partial charge in [0, 0.05) is 21.3 Å². The third-order valence-corrected chi connectivity index (χ3v) is 1.91. The number of hydrogen-bond donors (Lipinski definition) is 0. The zero-order chi connectivity index (χ0) is 15.1. The van der Waals surface area contributed by atoms with Crippen LogP contribution in [0.3, 0.4) is 0 Å². The van der Waals surface area contributed by atoms with Gasteiger partial charge in [0.2, 0.25) is 0 Å². The highest BCUT2D eigenvalue weighted by Crippen LogP contribution is 1.98. The van der Waals surface area contributed by atoms with Crippen molar-refractivity contribution in [3.63, 3.8) is 0 Å². The standard InChI is InChI=1S/C8H18O3.C6H14O2/c1-7(2)11-8(5-9-3)6-10-4;1-6(2)8-5-4-7-3/h7-8H,5-6H2,1-4H3;6H,4-5H2,1-3H3. The molecule has 0 radical (unpaired) electrons. The minimum absolute atomic E-state index is 0.0602. The van der Waals surface area contributed by atoms with E-state index in [4.69, 9.17) is 23.7 Å². The summed E-state index contributed by atoms with van der Waals surface area (Å²) >= 11 is 0. The Kier molecular flexibility index (Phi) is 17.6. The molecule has 0 saturated heterocycles. The molecule has 5 heteroatoms. The van der Waals surface area contributed by atoms with Gasteiger partial charge in [0.05, 0.1) is 38.6 Å². The third kappa shape index (κ3) is 20.3. The maximum absolute atomic E-state index is 5.48. The molecule has 5 nitrogen and oxygen atoms in total. The van der Waals surface area contributed by atoms with Crippen LogP contribution in [0.5, 0.6) is 0 Å². The normalized spacial score (nSPS) is 11.1. The van der Waals surface area contributed by atoms with Crippen LogP contribution in [0.15, 0.2) is 0 Å². The Morgan fingerprint density at radius 3 is 1.53 bits per heavy atom. The number of methoxy groups -OCH3 is 3. The second-order valence-electron chi connectivity index (χ2n) is 4.63. The second kappa shape index (κ2) is 15.9. The molecule has 0 amide bonds. The molecule has 0 N–H and O–H groups in total. The van der Waals surface area contributed by atoms with Gasteiger partial charge >= 0.3 is 0 Å². The average molecular weight is 280 g/mol. The molecule has 19 heavy (non-hydrogen) atoms. The summed E-state index contributed by atoms with van der Waals surface area (Å²) in [5.41, 5.74) is 0. The molecule has 0 aromatic carbocycles. The molecule has 0 rings (SSSR count). The quantitative estimate of drug-likeness (QED) is 0.574. The monoisotopic (exact) mass is 280 g/mol. The highest BCUT2D eigenvalue weighted by molar-refractivity contribution is 4.55. The summed E-state index contributed by atoms with van der Waals surface area (Å²) in [6.45, 7) is 10.6. The van der Waals surface area contributed by atoms with E-state index < -0.39 is 0 Å². The zero-order valence-corrected chi connectivity index (χ0v) is 13.6. The van der Waals surface area contributed by atoms with E-state index in [-0.39, 0.29) is 12.2 Å². The molecule has 0 aliphatic carbocycles. The van der Waals surface area contributed by atoms with Crippen molar-refractivity contribution >= 4 is 0 Å². The van der Waals surface area contributed by atoms with E-state index in [0.29, 0.717) is 32.5 Å². The molecule has 0 spiro atoms. The zero-order valence-electron chi connectivity index (χ0n) is 13.6. The first-order valence-corrected chi connectivity index (χ1v) is 6.71. The lowest BCUT2D eigenvalue weighted by Gasteiger charge is -2.18. The number of rotatable bonds is 10. The summed E-state index contributed by atoms with van der Waals surface area (Å²) < 4.78 is 25.3. The van der Waals surface area contributed by atoms with E-state index in [0.717, 1.165) is 0 Å². The Bertz CT molecular complexity index is 156. The van der Waals surface area contributed by atoms with Crippen LogP contribution < -0.4 is 0 Å². The summed E-state index contributed by atoms with van der Waals surface area (Å²) in [7, 11) is 4.99. The number of hydrogen-bond acceptors (Lipinski definition) is 5. The van der Waals surface area contributed by atoms with Gasteiger partial charge in [-0.1, -0.05) is 0 Å². The summed E-state index contributed by atoms with van der Waals surface area (Å²) in [6, 6.07) is 0. The molecule has 0 aromatic rings. The lowest BCUT2D eigenvalue weighted by atomic mass is 10.4. The topological polar surface area (TPSA) is 46.2 Å². The van der Waals surface area contributed by atoms with Gasteiger partial charge in [0.1, 0.15) is 6.10 Å². The highest BCUT2D eigenvalue weighted by Gasteiger charge is 2.09. The van der Waals surface area contributed by atoms with E-state index in [1.165, 1.54) is 0 Å². The van der Waals surface area contributed by atoms with Crippen molar-refractivity contribution < 1.29 is 23.7 Å². The van der Waals surface area contributed by atoms with Gasteiger partial charge in [0.25, 0.3) is 0 Å². The SMILES string of the molecule is COCC(COC)OC(C)C.COCCOC(C)C. The smallest absolute Gasteiger partial charge is 0.104 e. The maximum atomic E-state index is 5.48. The largest absolute Gasteiger partial charge is 0.382 e. The van der Waals surface area contributed by atoms with Crippen molar-refractivity contribution in [2.75, 3.05) is 47.8 Å². The maximum Gasteiger partial charge on any atom is 0.104 e. The minimum Gasteiger partial charge on any atom is -0.382 e. The molecule has 0 aliphatic heterocycles. The second-order valence-corrected chi connectivity index (χ2v) is 4.63. The fourth-order valence-electron chi connectivity index (χ4n) is 1.25. The van der Waals surface area contributed by atoms with Crippen molar-refractivity contribution in [2.45, 2.75) is 46.0 Å². The fourth-order valence-corrected chi connectivity index (χ4v) is 1.25. The molecule has 118 valence electrons. The first-order chi connectivity index (χ1) is 8.97. The molecule has 0 heterocycles. The van der Waals surface area contributed by atoms with Crippen molar-refractivity contribution in [1.29, 1.82) is 0 Å². The minimum atomic E-state index is 0.0602. The summed E-state index contributed by atoms with van der Waals surface area (Å²) in [6.07, 6.45) is 0.612. The summed E-state index contributed by atoms with van der Waals surface area (Å²) in [4.78, 5) is 0. The summed E-state index contributed by atoms with van der Waals surface area (Å²) in [5, 5.41) is 0. The van der Waals surface area contributed by atoms with Crippen LogP contribution in [0.25, 0.3) is 0 Å². The highest BCUT2D eigenvalue weighted by atomic mass is 16.6. The van der Waals surface area contributed by atoms with Crippen molar-refractivity contribution in [1.82, 2.24) is 0 Å². The molecule has 0 aromatic heterocycles. The molecule has 0 bridgehead atoms. The van der Waals surface area contributed by atoms with Crippen LogP contribution in [0.2, 0.25) is 0 Å². The van der Waals surface area contributed by atoms with E-state index in [1.54, 1.807) is 21.3 Å². The van der Waals surface area contributed by atoms with Gasteiger partial charge in [-0.05, 0) is 27.7 Å². The van der Waals surface area contributed by atoms with Crippen LogP contribution >= 0.6 is 0 Å². The van der Waals surface area contributed by atoms with Gasteiger partial charge in [-0.3, -0.25) is 0 Å².